The average molecular weight is 267 g/mol. The standard InChI is InChI=1S/C13H21N3O3/c1-8(2)7-14-11(17)13(4,5)12(18)15-10-6-9(3)19-16-10/h6,8H,7H2,1-5H3,(H,14,17)(H,15,16,18). The Hall–Kier alpha value is -1.85. The molecule has 2 amide bonds. The Morgan fingerprint density at radius 1 is 1.37 bits per heavy atom. The number of nitrogens with zero attached hydrogens (tertiary/aromatic N) is 1. The molecule has 2 N–H and O–H groups in total. The lowest BCUT2D eigenvalue weighted by atomic mass is 9.91. The lowest BCUT2D eigenvalue weighted by Gasteiger charge is -2.22. The van der Waals surface area contributed by atoms with Crippen LogP contribution < -0.4 is 10.6 Å². The minimum atomic E-state index is -1.16. The highest BCUT2D eigenvalue weighted by molar-refractivity contribution is 6.09. The molecular formula is C13H21N3O3. The molecule has 0 aliphatic rings. The number of aryl methyl sites for hydroxylation is 1. The molecule has 0 aliphatic heterocycles. The fourth-order valence-electron chi connectivity index (χ4n) is 1.32. The maximum Gasteiger partial charge on any atom is 0.240 e. The molecule has 6 heteroatoms. The van der Waals surface area contributed by atoms with Gasteiger partial charge in [0.1, 0.15) is 11.2 Å². The molecule has 1 heterocycles. The van der Waals surface area contributed by atoms with Crippen molar-refractivity contribution in [1.82, 2.24) is 10.5 Å². The predicted octanol–water partition coefficient (Wildman–Crippen LogP) is 1.72. The zero-order valence-corrected chi connectivity index (χ0v) is 12.0. The summed E-state index contributed by atoms with van der Waals surface area (Å²) in [4.78, 5) is 24.1. The number of amides is 2. The SMILES string of the molecule is Cc1cc(NC(=O)C(C)(C)C(=O)NCC(C)C)no1. The van der Waals surface area contributed by atoms with Gasteiger partial charge in [0.2, 0.25) is 11.8 Å². The first kappa shape index (κ1) is 15.2. The number of anilines is 1. The highest BCUT2D eigenvalue weighted by atomic mass is 16.5. The second kappa shape index (κ2) is 5.86. The summed E-state index contributed by atoms with van der Waals surface area (Å²) in [5, 5.41) is 8.98. The summed E-state index contributed by atoms with van der Waals surface area (Å²) in [6.45, 7) is 9.40. The van der Waals surface area contributed by atoms with Gasteiger partial charge in [-0.25, -0.2) is 0 Å². The van der Waals surface area contributed by atoms with Crippen LogP contribution >= 0.6 is 0 Å². The Balaban J connectivity index is 2.65. The van der Waals surface area contributed by atoms with E-state index in [9.17, 15) is 9.59 Å². The van der Waals surface area contributed by atoms with Gasteiger partial charge in [0, 0.05) is 12.6 Å². The minimum Gasteiger partial charge on any atom is -0.360 e. The Kier molecular flexibility index (Phi) is 4.69. The lowest BCUT2D eigenvalue weighted by molar-refractivity contribution is -0.138. The van der Waals surface area contributed by atoms with E-state index in [2.05, 4.69) is 15.8 Å². The van der Waals surface area contributed by atoms with Gasteiger partial charge in [-0.2, -0.15) is 0 Å². The summed E-state index contributed by atoms with van der Waals surface area (Å²) in [5.41, 5.74) is -1.16. The Morgan fingerprint density at radius 3 is 2.47 bits per heavy atom. The Morgan fingerprint density at radius 2 is 2.00 bits per heavy atom. The van der Waals surface area contributed by atoms with E-state index in [1.165, 1.54) is 0 Å². The largest absolute Gasteiger partial charge is 0.360 e. The van der Waals surface area contributed by atoms with Gasteiger partial charge in [-0.3, -0.25) is 9.59 Å². The summed E-state index contributed by atoms with van der Waals surface area (Å²) in [7, 11) is 0. The van der Waals surface area contributed by atoms with Gasteiger partial charge in [-0.1, -0.05) is 19.0 Å². The molecule has 0 spiro atoms. The summed E-state index contributed by atoms with van der Waals surface area (Å²) < 4.78 is 4.85. The summed E-state index contributed by atoms with van der Waals surface area (Å²) in [6, 6.07) is 1.60. The molecule has 1 aromatic rings. The van der Waals surface area contributed by atoms with E-state index in [4.69, 9.17) is 4.52 Å². The van der Waals surface area contributed by atoms with Crippen LogP contribution in [-0.2, 0) is 9.59 Å². The smallest absolute Gasteiger partial charge is 0.240 e. The van der Waals surface area contributed by atoms with Crippen LogP contribution in [0, 0.1) is 18.3 Å². The Bertz CT molecular complexity index is 463. The van der Waals surface area contributed by atoms with E-state index >= 15 is 0 Å². The Labute approximate surface area is 112 Å². The number of aromatic nitrogens is 1. The van der Waals surface area contributed by atoms with E-state index in [-0.39, 0.29) is 5.91 Å². The maximum absolute atomic E-state index is 12.1. The number of hydrogen-bond acceptors (Lipinski definition) is 4. The van der Waals surface area contributed by atoms with Gasteiger partial charge in [0.25, 0.3) is 0 Å². The third kappa shape index (κ3) is 4.08. The molecule has 19 heavy (non-hydrogen) atoms. The quantitative estimate of drug-likeness (QED) is 0.795. The fourth-order valence-corrected chi connectivity index (χ4v) is 1.32. The number of carbonyl (C=O) groups is 2. The van der Waals surface area contributed by atoms with Crippen molar-refractivity contribution in [1.29, 1.82) is 0 Å². The van der Waals surface area contributed by atoms with Crippen LogP contribution in [0.15, 0.2) is 10.6 Å². The van der Waals surface area contributed by atoms with Crippen LogP contribution in [0.5, 0.6) is 0 Å². The lowest BCUT2D eigenvalue weighted by Crippen LogP contribution is -2.46. The van der Waals surface area contributed by atoms with E-state index in [0.717, 1.165) is 0 Å². The first-order valence-corrected chi connectivity index (χ1v) is 6.26. The zero-order chi connectivity index (χ0) is 14.6. The van der Waals surface area contributed by atoms with E-state index < -0.39 is 11.3 Å². The second-order valence-electron chi connectivity index (χ2n) is 5.51. The number of rotatable bonds is 5. The van der Waals surface area contributed by atoms with Crippen molar-refractivity contribution in [2.45, 2.75) is 34.6 Å². The van der Waals surface area contributed by atoms with Crippen molar-refractivity contribution in [3.8, 4) is 0 Å². The highest BCUT2D eigenvalue weighted by Crippen LogP contribution is 2.19. The first-order chi connectivity index (χ1) is 8.73. The van der Waals surface area contributed by atoms with Crippen LogP contribution in [0.1, 0.15) is 33.5 Å². The van der Waals surface area contributed by atoms with Crippen LogP contribution in [0.2, 0.25) is 0 Å². The molecule has 0 aliphatic carbocycles. The molecule has 0 fully saturated rings. The van der Waals surface area contributed by atoms with Crippen molar-refractivity contribution in [2.75, 3.05) is 11.9 Å². The van der Waals surface area contributed by atoms with Crippen molar-refractivity contribution in [3.05, 3.63) is 11.8 Å². The second-order valence-corrected chi connectivity index (χ2v) is 5.51. The molecule has 106 valence electrons. The molecule has 0 atom stereocenters. The van der Waals surface area contributed by atoms with Gasteiger partial charge < -0.3 is 15.2 Å². The van der Waals surface area contributed by atoms with Crippen molar-refractivity contribution in [3.63, 3.8) is 0 Å². The van der Waals surface area contributed by atoms with Gasteiger partial charge in [-0.05, 0) is 26.7 Å². The zero-order valence-electron chi connectivity index (χ0n) is 12.0. The van der Waals surface area contributed by atoms with Gasteiger partial charge in [0.05, 0.1) is 0 Å². The van der Waals surface area contributed by atoms with Crippen LogP contribution in [-0.4, -0.2) is 23.5 Å². The molecular weight excluding hydrogens is 246 g/mol. The van der Waals surface area contributed by atoms with Crippen LogP contribution in [0.4, 0.5) is 5.82 Å². The maximum atomic E-state index is 12.1. The molecule has 0 saturated carbocycles. The third-order valence-electron chi connectivity index (χ3n) is 2.68. The minimum absolute atomic E-state index is 0.307. The predicted molar refractivity (Wildman–Crippen MR) is 71.5 cm³/mol. The fraction of sp³-hybridized carbons (Fsp3) is 0.615. The molecule has 1 aromatic heterocycles. The molecule has 1 rings (SSSR count). The first-order valence-electron chi connectivity index (χ1n) is 6.26. The van der Waals surface area contributed by atoms with Gasteiger partial charge >= 0.3 is 0 Å². The van der Waals surface area contributed by atoms with Crippen molar-refractivity contribution in [2.24, 2.45) is 11.3 Å². The summed E-state index contributed by atoms with van der Waals surface area (Å²) in [6.07, 6.45) is 0. The topological polar surface area (TPSA) is 84.2 Å². The van der Waals surface area contributed by atoms with Gasteiger partial charge in [-0.15, -0.1) is 0 Å². The van der Waals surface area contributed by atoms with Crippen LogP contribution in [0.25, 0.3) is 0 Å². The van der Waals surface area contributed by atoms with Gasteiger partial charge in [0.15, 0.2) is 5.82 Å². The molecule has 0 unspecified atom stereocenters. The normalized spacial score (nSPS) is 11.5. The molecule has 0 saturated heterocycles. The van der Waals surface area contributed by atoms with E-state index in [0.29, 0.717) is 24.0 Å². The average Bonchev–Trinajstić information content (AvgIpc) is 2.71. The molecule has 0 bridgehead atoms. The van der Waals surface area contributed by atoms with E-state index in [1.54, 1.807) is 26.8 Å². The molecule has 6 nitrogen and oxygen atoms in total. The summed E-state index contributed by atoms with van der Waals surface area (Å²) in [5.74, 6) is 0.520. The monoisotopic (exact) mass is 267 g/mol. The highest BCUT2D eigenvalue weighted by Gasteiger charge is 2.36. The number of carbonyl (C=O) groups excluding carboxylic acids is 2. The number of hydrogen-bond donors (Lipinski definition) is 2. The van der Waals surface area contributed by atoms with Crippen molar-refractivity contribution < 1.29 is 14.1 Å². The van der Waals surface area contributed by atoms with Crippen LogP contribution in [0.3, 0.4) is 0 Å². The molecule has 0 aromatic carbocycles. The number of nitrogens with one attached hydrogen (secondary N) is 2. The molecule has 0 radical (unpaired) electrons. The van der Waals surface area contributed by atoms with Crippen molar-refractivity contribution >= 4 is 17.6 Å². The third-order valence-corrected chi connectivity index (χ3v) is 2.68. The summed E-state index contributed by atoms with van der Waals surface area (Å²) >= 11 is 0. The van der Waals surface area contributed by atoms with E-state index in [1.807, 2.05) is 13.8 Å².